The minimum Gasteiger partial charge on any atom is -0.396 e. The summed E-state index contributed by atoms with van der Waals surface area (Å²) in [4.78, 5) is 0. The van der Waals surface area contributed by atoms with Crippen molar-refractivity contribution < 1.29 is 4.74 Å². The zero-order valence-electron chi connectivity index (χ0n) is 5.92. The third-order valence-electron chi connectivity index (χ3n) is 1.37. The number of nitrogens with two attached hydrogens (primary N) is 1. The van der Waals surface area contributed by atoms with E-state index in [9.17, 15) is 0 Å². The van der Waals surface area contributed by atoms with Gasteiger partial charge in [-0.1, -0.05) is 6.92 Å². The first-order valence-electron chi connectivity index (χ1n) is 2.93. The molecule has 4 heteroatoms. The van der Waals surface area contributed by atoms with Gasteiger partial charge in [0.25, 0.3) is 0 Å². The van der Waals surface area contributed by atoms with E-state index in [1.165, 1.54) is 7.11 Å². The summed E-state index contributed by atoms with van der Waals surface area (Å²) < 4.78 is 4.72. The summed E-state index contributed by atoms with van der Waals surface area (Å²) in [6, 6.07) is -0.303. The zero-order valence-corrected chi connectivity index (χ0v) is 5.92. The van der Waals surface area contributed by atoms with E-state index in [4.69, 9.17) is 26.2 Å². The van der Waals surface area contributed by atoms with Crippen molar-refractivity contribution in [1.29, 1.82) is 0 Å². The highest BCUT2D eigenvalue weighted by Gasteiger charge is 2.22. The van der Waals surface area contributed by atoms with Gasteiger partial charge in [0.1, 0.15) is 15.7 Å². The van der Waals surface area contributed by atoms with Crippen molar-refractivity contribution in [2.45, 2.75) is 24.8 Å². The summed E-state index contributed by atoms with van der Waals surface area (Å²) in [7, 11) is 12.2. The van der Waals surface area contributed by atoms with E-state index >= 15 is 0 Å². The lowest BCUT2D eigenvalue weighted by Crippen LogP contribution is -2.50. The predicted octanol–water partition coefficient (Wildman–Crippen LogP) is -0.639. The Kier molecular flexibility index (Phi) is 3.29. The topological polar surface area (TPSA) is 35.2 Å². The quantitative estimate of drug-likeness (QED) is 0.506. The SMILES string of the molecule is [B]C([B])(OC)C(N)CC. The maximum Gasteiger partial charge on any atom is 0.101 e. The van der Waals surface area contributed by atoms with Gasteiger partial charge in [-0.15, -0.1) is 0 Å². The maximum atomic E-state index is 5.49. The van der Waals surface area contributed by atoms with Crippen molar-refractivity contribution in [1.82, 2.24) is 0 Å². The lowest BCUT2D eigenvalue weighted by molar-refractivity contribution is 0.108. The van der Waals surface area contributed by atoms with Gasteiger partial charge in [0.15, 0.2) is 0 Å². The van der Waals surface area contributed by atoms with E-state index in [1.54, 1.807) is 0 Å². The average molecular weight is 123 g/mol. The van der Waals surface area contributed by atoms with Gasteiger partial charge in [0.2, 0.25) is 0 Å². The van der Waals surface area contributed by atoms with Crippen molar-refractivity contribution in [3.63, 3.8) is 0 Å². The molecule has 0 spiro atoms. The first-order valence-corrected chi connectivity index (χ1v) is 2.93. The molecule has 1 atom stereocenters. The first kappa shape index (κ1) is 9.05. The van der Waals surface area contributed by atoms with Crippen molar-refractivity contribution in [2.75, 3.05) is 7.11 Å². The van der Waals surface area contributed by atoms with Gasteiger partial charge in [-0.2, -0.15) is 0 Å². The highest BCUT2D eigenvalue weighted by molar-refractivity contribution is 6.39. The summed E-state index contributed by atoms with van der Waals surface area (Å²) in [5.41, 5.74) is 5.49. The summed E-state index contributed by atoms with van der Waals surface area (Å²) in [5, 5.41) is -1.17. The molecule has 0 aliphatic heterocycles. The molecule has 0 saturated carbocycles. The Balaban J connectivity index is 3.80. The lowest BCUT2D eigenvalue weighted by atomic mass is 9.60. The van der Waals surface area contributed by atoms with Crippen molar-refractivity contribution in [3.05, 3.63) is 0 Å². The van der Waals surface area contributed by atoms with Crippen LogP contribution in [0.3, 0.4) is 0 Å². The summed E-state index contributed by atoms with van der Waals surface area (Å²) in [5.74, 6) is 0. The highest BCUT2D eigenvalue weighted by atomic mass is 16.5. The van der Waals surface area contributed by atoms with Crippen LogP contribution in [-0.4, -0.2) is 34.2 Å². The van der Waals surface area contributed by atoms with E-state index < -0.39 is 5.40 Å². The number of hydrogen-bond donors (Lipinski definition) is 1. The standard InChI is InChI=1S/C5H11B2NO/c1-3-4(8)5(6,7)9-2/h4H,3,8H2,1-2H3. The summed E-state index contributed by atoms with van der Waals surface area (Å²) >= 11 is 0. The average Bonchev–Trinajstić information content (AvgIpc) is 1.86. The molecule has 0 aromatic carbocycles. The Bertz CT molecular complexity index is 87.0. The van der Waals surface area contributed by atoms with Crippen molar-refractivity contribution >= 4 is 15.7 Å². The summed E-state index contributed by atoms with van der Waals surface area (Å²) in [6.45, 7) is 1.90. The van der Waals surface area contributed by atoms with E-state index in [1.807, 2.05) is 6.92 Å². The van der Waals surface area contributed by atoms with Gasteiger partial charge >= 0.3 is 0 Å². The zero-order chi connectivity index (χ0) is 7.49. The highest BCUT2D eigenvalue weighted by Crippen LogP contribution is 2.05. The molecule has 0 fully saturated rings. The third kappa shape index (κ3) is 2.41. The molecular formula is C5H11B2NO. The van der Waals surface area contributed by atoms with Crippen LogP contribution < -0.4 is 5.73 Å². The van der Waals surface area contributed by atoms with Gasteiger partial charge in [0, 0.05) is 18.6 Å². The van der Waals surface area contributed by atoms with Crippen LogP contribution in [0.15, 0.2) is 0 Å². The molecule has 2 nitrogen and oxygen atoms in total. The normalized spacial score (nSPS) is 15.4. The van der Waals surface area contributed by atoms with Crippen LogP contribution in [0.25, 0.3) is 0 Å². The van der Waals surface area contributed by atoms with E-state index in [0.717, 1.165) is 0 Å². The maximum absolute atomic E-state index is 5.49. The number of ether oxygens (including phenoxy) is 1. The molecule has 48 valence electrons. The summed E-state index contributed by atoms with van der Waals surface area (Å²) in [6.07, 6.45) is 0.709. The Morgan fingerprint density at radius 3 is 2.22 bits per heavy atom. The number of hydrogen-bond acceptors (Lipinski definition) is 2. The Hall–Kier alpha value is 0.0499. The lowest BCUT2D eigenvalue weighted by Gasteiger charge is -2.30. The van der Waals surface area contributed by atoms with Gasteiger partial charge in [0.05, 0.1) is 0 Å². The van der Waals surface area contributed by atoms with Crippen LogP contribution in [0.2, 0.25) is 0 Å². The van der Waals surface area contributed by atoms with Gasteiger partial charge in [-0.05, 0) is 6.42 Å². The fourth-order valence-corrected chi connectivity index (χ4v) is 0.470. The van der Waals surface area contributed by atoms with Crippen molar-refractivity contribution in [2.24, 2.45) is 5.73 Å². The van der Waals surface area contributed by atoms with Gasteiger partial charge < -0.3 is 10.5 Å². The second kappa shape index (κ2) is 3.28. The molecule has 0 bridgehead atoms. The van der Waals surface area contributed by atoms with Crippen molar-refractivity contribution in [3.8, 4) is 0 Å². The second-order valence-electron chi connectivity index (χ2n) is 2.07. The smallest absolute Gasteiger partial charge is 0.101 e. The monoisotopic (exact) mass is 123 g/mol. The molecule has 0 heterocycles. The van der Waals surface area contributed by atoms with E-state index in [2.05, 4.69) is 0 Å². The minimum absolute atomic E-state index is 0.303. The van der Waals surface area contributed by atoms with Gasteiger partial charge in [-0.25, -0.2) is 0 Å². The first-order chi connectivity index (χ1) is 4.04. The Morgan fingerprint density at radius 2 is 2.11 bits per heavy atom. The van der Waals surface area contributed by atoms with Crippen LogP contribution in [0.1, 0.15) is 13.3 Å². The second-order valence-corrected chi connectivity index (χ2v) is 2.07. The number of rotatable bonds is 3. The molecule has 0 aliphatic carbocycles. The fourth-order valence-electron chi connectivity index (χ4n) is 0.470. The van der Waals surface area contributed by atoms with Gasteiger partial charge in [-0.3, -0.25) is 0 Å². The van der Waals surface area contributed by atoms with Crippen LogP contribution in [0, 0.1) is 0 Å². The molecule has 1 unspecified atom stereocenters. The van der Waals surface area contributed by atoms with Crippen LogP contribution in [0.4, 0.5) is 0 Å². The molecule has 2 N–H and O–H groups in total. The molecule has 0 rings (SSSR count). The fraction of sp³-hybridized carbons (Fsp3) is 1.00. The molecular weight excluding hydrogens is 112 g/mol. The molecule has 0 aromatic rings. The minimum atomic E-state index is -1.17. The molecule has 0 aliphatic rings. The van der Waals surface area contributed by atoms with Crippen LogP contribution in [0.5, 0.6) is 0 Å². The predicted molar refractivity (Wildman–Crippen MR) is 39.5 cm³/mol. The number of methoxy groups -OCH3 is 1. The molecule has 0 saturated heterocycles. The van der Waals surface area contributed by atoms with E-state index in [-0.39, 0.29) is 6.04 Å². The molecule has 4 radical (unpaired) electrons. The molecule has 0 amide bonds. The molecule has 0 aromatic heterocycles. The molecule has 9 heavy (non-hydrogen) atoms. The third-order valence-corrected chi connectivity index (χ3v) is 1.37. The van der Waals surface area contributed by atoms with Crippen LogP contribution in [-0.2, 0) is 4.74 Å². The van der Waals surface area contributed by atoms with Crippen LogP contribution >= 0.6 is 0 Å². The Morgan fingerprint density at radius 1 is 1.67 bits per heavy atom. The van der Waals surface area contributed by atoms with E-state index in [0.29, 0.717) is 6.42 Å². The largest absolute Gasteiger partial charge is 0.396 e. The Labute approximate surface area is 59.0 Å².